The summed E-state index contributed by atoms with van der Waals surface area (Å²) in [5.41, 5.74) is 2.10. The maximum atomic E-state index is 11.8. The van der Waals surface area contributed by atoms with Crippen LogP contribution in [0.3, 0.4) is 0 Å². The molecule has 1 amide bonds. The van der Waals surface area contributed by atoms with Crippen molar-refractivity contribution in [1.82, 2.24) is 0 Å². The Morgan fingerprint density at radius 3 is 2.50 bits per heavy atom. The second-order valence-electron chi connectivity index (χ2n) is 5.00. The van der Waals surface area contributed by atoms with Crippen molar-refractivity contribution in [3.05, 3.63) is 72.3 Å². The number of nitrogens with one attached hydrogen (secondary N) is 1. The number of benzene rings is 2. The zero-order valence-corrected chi connectivity index (χ0v) is 12.8. The Hall–Kier alpha value is -2.55. The Bertz CT molecular complexity index is 603. The first-order valence-electron chi connectivity index (χ1n) is 7.43. The van der Waals surface area contributed by atoms with Gasteiger partial charge < -0.3 is 10.1 Å². The van der Waals surface area contributed by atoms with Gasteiger partial charge in [-0.05, 0) is 55.2 Å². The van der Waals surface area contributed by atoms with Crippen LogP contribution < -0.4 is 10.1 Å². The molecule has 0 atom stereocenters. The normalized spacial score (nSPS) is 10.6. The smallest absolute Gasteiger partial charge is 0.248 e. The molecule has 0 heterocycles. The van der Waals surface area contributed by atoms with Gasteiger partial charge >= 0.3 is 0 Å². The van der Waals surface area contributed by atoms with Crippen molar-refractivity contribution < 1.29 is 9.53 Å². The summed E-state index contributed by atoms with van der Waals surface area (Å²) in [5.74, 6) is 0.666. The first-order valence-corrected chi connectivity index (χ1v) is 7.43. The van der Waals surface area contributed by atoms with Gasteiger partial charge in [-0.1, -0.05) is 36.4 Å². The first kappa shape index (κ1) is 15.8. The van der Waals surface area contributed by atoms with E-state index in [0.717, 1.165) is 30.7 Å². The van der Waals surface area contributed by atoms with Gasteiger partial charge in [-0.15, -0.1) is 0 Å². The highest BCUT2D eigenvalue weighted by Gasteiger charge is 1.98. The quantitative estimate of drug-likeness (QED) is 0.613. The highest BCUT2D eigenvalue weighted by atomic mass is 16.5. The van der Waals surface area contributed by atoms with Crippen molar-refractivity contribution in [1.29, 1.82) is 0 Å². The first-order chi connectivity index (χ1) is 10.8. The van der Waals surface area contributed by atoms with Crippen molar-refractivity contribution in [2.24, 2.45) is 0 Å². The van der Waals surface area contributed by atoms with E-state index in [1.165, 1.54) is 5.56 Å². The topological polar surface area (TPSA) is 38.3 Å². The third-order valence-electron chi connectivity index (χ3n) is 3.31. The van der Waals surface area contributed by atoms with Crippen LogP contribution in [0.15, 0.2) is 66.7 Å². The van der Waals surface area contributed by atoms with Crippen LogP contribution >= 0.6 is 0 Å². The molecule has 114 valence electrons. The highest BCUT2D eigenvalue weighted by Crippen LogP contribution is 2.14. The Balaban J connectivity index is 1.69. The number of amides is 1. The molecule has 0 saturated carbocycles. The number of ether oxygens (including phenoxy) is 1. The molecule has 3 heteroatoms. The molecule has 0 saturated heterocycles. The van der Waals surface area contributed by atoms with Gasteiger partial charge in [0, 0.05) is 5.69 Å². The van der Waals surface area contributed by atoms with Crippen molar-refractivity contribution in [2.45, 2.75) is 19.3 Å². The van der Waals surface area contributed by atoms with E-state index in [9.17, 15) is 4.79 Å². The van der Waals surface area contributed by atoms with Crippen molar-refractivity contribution in [3.8, 4) is 5.75 Å². The van der Waals surface area contributed by atoms with Gasteiger partial charge in [-0.25, -0.2) is 0 Å². The molecule has 22 heavy (non-hydrogen) atoms. The van der Waals surface area contributed by atoms with Crippen LogP contribution in [0.1, 0.15) is 18.4 Å². The second-order valence-corrected chi connectivity index (χ2v) is 5.00. The fourth-order valence-electron chi connectivity index (χ4n) is 2.12. The van der Waals surface area contributed by atoms with Gasteiger partial charge in [0.05, 0.1) is 7.11 Å². The third kappa shape index (κ3) is 5.44. The zero-order chi connectivity index (χ0) is 15.6. The molecule has 0 unspecified atom stereocenters. The van der Waals surface area contributed by atoms with Crippen molar-refractivity contribution in [2.75, 3.05) is 12.4 Å². The van der Waals surface area contributed by atoms with E-state index >= 15 is 0 Å². The summed E-state index contributed by atoms with van der Waals surface area (Å²) in [6.07, 6.45) is 6.48. The molecule has 0 bridgehead atoms. The fraction of sp³-hybridized carbons (Fsp3) is 0.211. The monoisotopic (exact) mass is 295 g/mol. The van der Waals surface area contributed by atoms with Crippen molar-refractivity contribution >= 4 is 11.6 Å². The lowest BCUT2D eigenvalue weighted by atomic mass is 10.1. The van der Waals surface area contributed by atoms with Gasteiger partial charge in [-0.3, -0.25) is 4.79 Å². The Morgan fingerprint density at radius 1 is 1.09 bits per heavy atom. The van der Waals surface area contributed by atoms with Crippen LogP contribution in [0.5, 0.6) is 5.75 Å². The van der Waals surface area contributed by atoms with Gasteiger partial charge in [0.1, 0.15) is 5.75 Å². The molecule has 1 N–H and O–H groups in total. The van der Waals surface area contributed by atoms with Crippen LogP contribution in [-0.4, -0.2) is 13.0 Å². The number of unbranched alkanes of at least 4 members (excludes halogenated alkanes) is 1. The van der Waals surface area contributed by atoms with E-state index in [1.807, 2.05) is 48.5 Å². The molecule has 2 rings (SSSR count). The summed E-state index contributed by atoms with van der Waals surface area (Å²) in [4.78, 5) is 11.8. The molecule has 2 aromatic rings. The van der Waals surface area contributed by atoms with Gasteiger partial charge in [0.15, 0.2) is 0 Å². The summed E-state index contributed by atoms with van der Waals surface area (Å²) >= 11 is 0. The zero-order valence-electron chi connectivity index (χ0n) is 12.8. The minimum atomic E-state index is -0.107. The second kappa shape index (κ2) is 8.67. The summed E-state index contributed by atoms with van der Waals surface area (Å²) in [7, 11) is 1.62. The van der Waals surface area contributed by atoms with Crippen LogP contribution in [0.25, 0.3) is 0 Å². The molecule has 0 spiro atoms. The molecule has 3 nitrogen and oxygen atoms in total. The minimum absolute atomic E-state index is 0.107. The SMILES string of the molecule is COc1ccc(NC(=O)C=CCCCc2ccccc2)cc1. The van der Waals surface area contributed by atoms with E-state index in [4.69, 9.17) is 4.74 Å². The summed E-state index contributed by atoms with van der Waals surface area (Å²) in [6.45, 7) is 0. The average molecular weight is 295 g/mol. The third-order valence-corrected chi connectivity index (χ3v) is 3.31. The largest absolute Gasteiger partial charge is 0.497 e. The molecule has 0 aliphatic heterocycles. The molecule has 0 aliphatic carbocycles. The number of aryl methyl sites for hydroxylation is 1. The Morgan fingerprint density at radius 2 is 1.82 bits per heavy atom. The molecule has 0 aliphatic rings. The minimum Gasteiger partial charge on any atom is -0.497 e. The predicted molar refractivity (Wildman–Crippen MR) is 90.1 cm³/mol. The van der Waals surface area contributed by atoms with Crippen LogP contribution in [-0.2, 0) is 11.2 Å². The van der Waals surface area contributed by atoms with Crippen molar-refractivity contribution in [3.63, 3.8) is 0 Å². The lowest BCUT2D eigenvalue weighted by Crippen LogP contribution is -2.07. The summed E-state index contributed by atoms with van der Waals surface area (Å²) < 4.78 is 5.08. The highest BCUT2D eigenvalue weighted by molar-refractivity contribution is 5.99. The van der Waals surface area contributed by atoms with Gasteiger partial charge in [0.25, 0.3) is 0 Å². The molecule has 2 aromatic carbocycles. The number of carbonyl (C=O) groups is 1. The predicted octanol–water partition coefficient (Wildman–Crippen LogP) is 4.21. The molecule has 0 aromatic heterocycles. The van der Waals surface area contributed by atoms with Crippen LogP contribution in [0.4, 0.5) is 5.69 Å². The number of anilines is 1. The lowest BCUT2D eigenvalue weighted by Gasteiger charge is -2.03. The number of carbonyl (C=O) groups excluding carboxylic acids is 1. The number of hydrogen-bond donors (Lipinski definition) is 1. The summed E-state index contributed by atoms with van der Waals surface area (Å²) in [5, 5.41) is 2.82. The maximum absolute atomic E-state index is 11.8. The number of hydrogen-bond acceptors (Lipinski definition) is 2. The number of rotatable bonds is 7. The maximum Gasteiger partial charge on any atom is 0.248 e. The van der Waals surface area contributed by atoms with E-state index in [0.29, 0.717) is 0 Å². The molecule has 0 radical (unpaired) electrons. The van der Waals surface area contributed by atoms with E-state index in [2.05, 4.69) is 17.4 Å². The molecule has 0 fully saturated rings. The van der Waals surface area contributed by atoms with E-state index in [1.54, 1.807) is 13.2 Å². The van der Waals surface area contributed by atoms with Crippen LogP contribution in [0, 0.1) is 0 Å². The van der Waals surface area contributed by atoms with Gasteiger partial charge in [-0.2, -0.15) is 0 Å². The average Bonchev–Trinajstić information content (AvgIpc) is 2.56. The number of allylic oxidation sites excluding steroid dienone is 1. The Labute approximate surface area is 131 Å². The van der Waals surface area contributed by atoms with E-state index in [-0.39, 0.29) is 5.91 Å². The Kier molecular flexibility index (Phi) is 6.24. The van der Waals surface area contributed by atoms with E-state index < -0.39 is 0 Å². The van der Waals surface area contributed by atoms with Crippen LogP contribution in [0.2, 0.25) is 0 Å². The lowest BCUT2D eigenvalue weighted by molar-refractivity contribution is -0.111. The molecular formula is C19H21NO2. The number of methoxy groups -OCH3 is 1. The summed E-state index contributed by atoms with van der Waals surface area (Å²) in [6, 6.07) is 17.6. The molecular weight excluding hydrogens is 274 g/mol. The standard InChI is InChI=1S/C19H21NO2/c1-22-18-14-12-17(13-15-18)20-19(21)11-7-3-6-10-16-8-4-2-5-9-16/h2,4-5,7-9,11-15H,3,6,10H2,1H3,(H,20,21). The fourth-order valence-corrected chi connectivity index (χ4v) is 2.12. The van der Waals surface area contributed by atoms with Gasteiger partial charge in [0.2, 0.25) is 5.91 Å².